The summed E-state index contributed by atoms with van der Waals surface area (Å²) in [5.41, 5.74) is 9.85. The Kier molecular flexibility index (Phi) is 5.09. The molecule has 0 bridgehead atoms. The van der Waals surface area contributed by atoms with Crippen molar-refractivity contribution in [3.8, 4) is 5.75 Å². The van der Waals surface area contributed by atoms with Gasteiger partial charge < -0.3 is 15.8 Å². The summed E-state index contributed by atoms with van der Waals surface area (Å²) in [6.07, 6.45) is 1.00. The highest BCUT2D eigenvalue weighted by molar-refractivity contribution is 5.59. The molecule has 0 atom stereocenters. The molecule has 114 valence electrons. The number of nitrogens with two attached hydrogens (primary N) is 1. The van der Waals surface area contributed by atoms with Gasteiger partial charge in [-0.15, -0.1) is 0 Å². The van der Waals surface area contributed by atoms with Crippen molar-refractivity contribution in [2.45, 2.75) is 33.7 Å². The third-order valence-corrected chi connectivity index (χ3v) is 3.22. The molecular weight excluding hydrogens is 264 g/mol. The highest BCUT2D eigenvalue weighted by Crippen LogP contribution is 2.22. The molecule has 0 aliphatic carbocycles. The van der Waals surface area contributed by atoms with E-state index in [1.165, 1.54) is 5.69 Å². The molecule has 5 nitrogen and oxygen atoms in total. The summed E-state index contributed by atoms with van der Waals surface area (Å²) in [4.78, 5) is 0. The van der Waals surface area contributed by atoms with Crippen molar-refractivity contribution in [1.82, 2.24) is 9.78 Å². The Morgan fingerprint density at radius 2 is 2.05 bits per heavy atom. The lowest BCUT2D eigenvalue weighted by atomic mass is 10.2. The van der Waals surface area contributed by atoms with Gasteiger partial charge in [0.1, 0.15) is 5.75 Å². The molecule has 1 heterocycles. The van der Waals surface area contributed by atoms with Crippen LogP contribution in [0.15, 0.2) is 24.3 Å². The second kappa shape index (κ2) is 7.02. The fraction of sp³-hybridized carbons (Fsp3) is 0.438. The Balaban J connectivity index is 1.84. The second-order valence-corrected chi connectivity index (χ2v) is 5.15. The third kappa shape index (κ3) is 4.41. The van der Waals surface area contributed by atoms with Crippen LogP contribution in [0.25, 0.3) is 0 Å². The summed E-state index contributed by atoms with van der Waals surface area (Å²) in [6.45, 7) is 8.48. The topological polar surface area (TPSA) is 65.1 Å². The largest absolute Gasteiger partial charge is 0.494 e. The molecule has 0 spiro atoms. The Morgan fingerprint density at radius 1 is 1.24 bits per heavy atom. The SMILES string of the molecule is CCOc1cc(N)cc(NCCCn2nc(C)cc2C)c1. The molecule has 1 aromatic carbocycles. The minimum Gasteiger partial charge on any atom is -0.494 e. The Bertz CT molecular complexity index is 592. The first-order valence-electron chi connectivity index (χ1n) is 7.36. The first kappa shape index (κ1) is 15.2. The maximum absolute atomic E-state index is 5.87. The van der Waals surface area contributed by atoms with Gasteiger partial charge in [0, 0.05) is 42.3 Å². The van der Waals surface area contributed by atoms with Crippen molar-refractivity contribution < 1.29 is 4.74 Å². The van der Waals surface area contributed by atoms with Gasteiger partial charge in [-0.1, -0.05) is 0 Å². The predicted molar refractivity (Wildman–Crippen MR) is 86.8 cm³/mol. The van der Waals surface area contributed by atoms with E-state index in [-0.39, 0.29) is 0 Å². The molecular formula is C16H24N4O. The summed E-state index contributed by atoms with van der Waals surface area (Å²) in [6, 6.07) is 7.83. The molecule has 0 aliphatic heterocycles. The van der Waals surface area contributed by atoms with E-state index in [0.29, 0.717) is 12.3 Å². The smallest absolute Gasteiger partial charge is 0.123 e. The molecule has 2 rings (SSSR count). The van der Waals surface area contributed by atoms with Crippen LogP contribution in [-0.2, 0) is 6.54 Å². The van der Waals surface area contributed by atoms with Gasteiger partial charge in [0.15, 0.2) is 0 Å². The molecule has 0 unspecified atom stereocenters. The average Bonchev–Trinajstić information content (AvgIpc) is 2.73. The van der Waals surface area contributed by atoms with Gasteiger partial charge in [0.05, 0.1) is 12.3 Å². The zero-order valence-corrected chi connectivity index (χ0v) is 13.0. The fourth-order valence-electron chi connectivity index (χ4n) is 2.34. The standard InChI is InChI=1S/C16H24N4O/c1-4-21-16-10-14(17)9-15(11-16)18-6-5-7-20-13(3)8-12(2)19-20/h8-11,18H,4-7,17H2,1-3H3. The molecule has 21 heavy (non-hydrogen) atoms. The predicted octanol–water partition coefficient (Wildman–Crippen LogP) is 2.98. The van der Waals surface area contributed by atoms with Crippen molar-refractivity contribution in [1.29, 1.82) is 0 Å². The van der Waals surface area contributed by atoms with E-state index in [2.05, 4.69) is 23.4 Å². The van der Waals surface area contributed by atoms with E-state index in [1.54, 1.807) is 0 Å². The van der Waals surface area contributed by atoms with Gasteiger partial charge in [-0.3, -0.25) is 4.68 Å². The van der Waals surface area contributed by atoms with Crippen LogP contribution in [0.4, 0.5) is 11.4 Å². The second-order valence-electron chi connectivity index (χ2n) is 5.15. The van der Waals surface area contributed by atoms with E-state index in [4.69, 9.17) is 10.5 Å². The third-order valence-electron chi connectivity index (χ3n) is 3.22. The number of ether oxygens (including phenoxy) is 1. The van der Waals surface area contributed by atoms with Gasteiger partial charge in [-0.25, -0.2) is 0 Å². The average molecular weight is 288 g/mol. The molecule has 0 saturated heterocycles. The van der Waals surface area contributed by atoms with Gasteiger partial charge in [0.25, 0.3) is 0 Å². The van der Waals surface area contributed by atoms with Crippen LogP contribution in [-0.4, -0.2) is 22.9 Å². The Hall–Kier alpha value is -2.17. The molecule has 0 radical (unpaired) electrons. The zero-order chi connectivity index (χ0) is 15.2. The first-order chi connectivity index (χ1) is 10.1. The van der Waals surface area contributed by atoms with E-state index < -0.39 is 0 Å². The summed E-state index contributed by atoms with van der Waals surface area (Å²) in [7, 11) is 0. The molecule has 3 N–H and O–H groups in total. The summed E-state index contributed by atoms with van der Waals surface area (Å²) >= 11 is 0. The number of anilines is 2. The maximum Gasteiger partial charge on any atom is 0.123 e. The van der Waals surface area contributed by atoms with Crippen LogP contribution in [0.1, 0.15) is 24.7 Å². The van der Waals surface area contributed by atoms with E-state index in [0.717, 1.165) is 36.6 Å². The lowest BCUT2D eigenvalue weighted by Crippen LogP contribution is -2.09. The quantitative estimate of drug-likeness (QED) is 0.607. The first-order valence-corrected chi connectivity index (χ1v) is 7.36. The van der Waals surface area contributed by atoms with Crippen molar-refractivity contribution in [2.75, 3.05) is 24.2 Å². The summed E-state index contributed by atoms with van der Waals surface area (Å²) in [5, 5.41) is 7.84. The summed E-state index contributed by atoms with van der Waals surface area (Å²) < 4.78 is 7.53. The van der Waals surface area contributed by atoms with Crippen LogP contribution in [0.2, 0.25) is 0 Å². The molecule has 2 aromatic rings. The van der Waals surface area contributed by atoms with Crippen molar-refractivity contribution in [3.63, 3.8) is 0 Å². The fourth-order valence-corrected chi connectivity index (χ4v) is 2.34. The highest BCUT2D eigenvalue weighted by Gasteiger charge is 2.02. The number of benzene rings is 1. The van der Waals surface area contributed by atoms with E-state index >= 15 is 0 Å². The van der Waals surface area contributed by atoms with Gasteiger partial charge in [-0.05, 0) is 39.3 Å². The zero-order valence-electron chi connectivity index (χ0n) is 13.0. The van der Waals surface area contributed by atoms with Crippen LogP contribution in [0.5, 0.6) is 5.75 Å². The van der Waals surface area contributed by atoms with Crippen LogP contribution in [0.3, 0.4) is 0 Å². The molecule has 0 amide bonds. The van der Waals surface area contributed by atoms with E-state index in [1.807, 2.05) is 36.7 Å². The van der Waals surface area contributed by atoms with Crippen molar-refractivity contribution in [3.05, 3.63) is 35.7 Å². The van der Waals surface area contributed by atoms with Gasteiger partial charge >= 0.3 is 0 Å². The Labute approximate surface area is 126 Å². The lowest BCUT2D eigenvalue weighted by Gasteiger charge is -2.11. The number of aryl methyl sites for hydroxylation is 3. The van der Waals surface area contributed by atoms with Crippen LogP contribution >= 0.6 is 0 Å². The number of hydrogen-bond acceptors (Lipinski definition) is 4. The number of hydrogen-bond donors (Lipinski definition) is 2. The summed E-state index contributed by atoms with van der Waals surface area (Å²) in [5.74, 6) is 0.804. The number of rotatable bonds is 7. The number of nitrogens with zero attached hydrogens (tertiary/aromatic N) is 2. The van der Waals surface area contributed by atoms with Gasteiger partial charge in [-0.2, -0.15) is 5.10 Å². The molecule has 5 heteroatoms. The number of nitrogen functional groups attached to an aromatic ring is 1. The van der Waals surface area contributed by atoms with Gasteiger partial charge in [0.2, 0.25) is 0 Å². The minimum atomic E-state index is 0.640. The lowest BCUT2D eigenvalue weighted by molar-refractivity contribution is 0.340. The van der Waals surface area contributed by atoms with Crippen molar-refractivity contribution in [2.24, 2.45) is 0 Å². The van der Waals surface area contributed by atoms with Crippen LogP contribution < -0.4 is 15.8 Å². The maximum atomic E-state index is 5.87. The minimum absolute atomic E-state index is 0.640. The molecule has 0 saturated carbocycles. The normalized spacial score (nSPS) is 10.6. The Morgan fingerprint density at radius 3 is 2.71 bits per heavy atom. The van der Waals surface area contributed by atoms with Crippen molar-refractivity contribution >= 4 is 11.4 Å². The molecule has 1 aromatic heterocycles. The highest BCUT2D eigenvalue weighted by atomic mass is 16.5. The number of nitrogens with one attached hydrogen (secondary N) is 1. The number of aromatic nitrogens is 2. The molecule has 0 aliphatic rings. The van der Waals surface area contributed by atoms with Crippen LogP contribution in [0, 0.1) is 13.8 Å². The van der Waals surface area contributed by atoms with E-state index in [9.17, 15) is 0 Å². The monoisotopic (exact) mass is 288 g/mol. The molecule has 0 fully saturated rings.